The summed E-state index contributed by atoms with van der Waals surface area (Å²) in [6.45, 7) is 3.95. The van der Waals surface area contributed by atoms with Crippen LogP contribution >= 0.6 is 0 Å². The van der Waals surface area contributed by atoms with Gasteiger partial charge in [0, 0.05) is 0 Å². The summed E-state index contributed by atoms with van der Waals surface area (Å²) < 4.78 is 0. The van der Waals surface area contributed by atoms with Crippen LogP contribution in [-0.4, -0.2) is 15.0 Å². The van der Waals surface area contributed by atoms with Crippen molar-refractivity contribution in [3.63, 3.8) is 0 Å². The molecule has 1 heterocycles. The minimum absolute atomic E-state index is 0.967. The minimum atomic E-state index is 0.967. The van der Waals surface area contributed by atoms with Crippen molar-refractivity contribution in [2.45, 2.75) is 13.3 Å². The lowest BCUT2D eigenvalue weighted by molar-refractivity contribution is 0.663. The Hall–Kier alpha value is -0.860. The maximum absolute atomic E-state index is 3.86. The third-order valence-corrected chi connectivity index (χ3v) is 0.782. The lowest BCUT2D eigenvalue weighted by Crippen LogP contribution is -1.96. The van der Waals surface area contributed by atoms with E-state index in [1.165, 1.54) is 0 Å². The van der Waals surface area contributed by atoms with E-state index in [1.54, 1.807) is 17.2 Å². The average Bonchev–Trinajstić information content (AvgIpc) is 2.19. The van der Waals surface area contributed by atoms with Gasteiger partial charge >= 0.3 is 0 Å². The van der Waals surface area contributed by atoms with E-state index in [9.17, 15) is 0 Å². The van der Waals surface area contributed by atoms with Crippen molar-refractivity contribution in [3.8, 4) is 0 Å². The van der Waals surface area contributed by atoms with Gasteiger partial charge < -0.3 is 0 Å². The van der Waals surface area contributed by atoms with Crippen LogP contribution in [0.4, 0.5) is 0 Å². The molecule has 8 heavy (non-hydrogen) atoms. The second-order valence-corrected chi connectivity index (χ2v) is 1.44. The Labute approximate surface area is 48.3 Å². The van der Waals surface area contributed by atoms with E-state index in [4.69, 9.17) is 0 Å². The van der Waals surface area contributed by atoms with Gasteiger partial charge in [0.2, 0.25) is 0 Å². The summed E-state index contributed by atoms with van der Waals surface area (Å²) in [6, 6.07) is 0. The molecule has 1 aromatic heterocycles. The fraction of sp³-hybridized carbons (Fsp3) is 0.400. The van der Waals surface area contributed by atoms with Gasteiger partial charge in [0.25, 0.3) is 0 Å². The maximum Gasteiger partial charge on any atom is 0.0955 e. The van der Waals surface area contributed by atoms with Crippen LogP contribution in [0.1, 0.15) is 13.3 Å². The van der Waals surface area contributed by atoms with Crippen LogP contribution in [0, 0.1) is 6.54 Å². The fourth-order valence-corrected chi connectivity index (χ4v) is 0.484. The van der Waals surface area contributed by atoms with Gasteiger partial charge in [-0.15, -0.1) is 0 Å². The molecule has 0 N–H and O–H groups in total. The quantitative estimate of drug-likeness (QED) is 0.561. The fourth-order valence-electron chi connectivity index (χ4n) is 0.484. The molecule has 0 spiro atoms. The molecule has 0 fully saturated rings. The standard InChI is InChI=1S/C5H8N3/c1-2-5-8-6-3-4-7-8/h3-5H,2H2,1H3. The van der Waals surface area contributed by atoms with Gasteiger partial charge in [0.1, 0.15) is 0 Å². The zero-order valence-corrected chi connectivity index (χ0v) is 4.78. The summed E-state index contributed by atoms with van der Waals surface area (Å²) in [7, 11) is 0. The van der Waals surface area contributed by atoms with Crippen molar-refractivity contribution in [1.29, 1.82) is 0 Å². The third kappa shape index (κ3) is 1.05. The van der Waals surface area contributed by atoms with E-state index in [0.29, 0.717) is 0 Å². The molecule has 1 radical (unpaired) electrons. The molecule has 0 aliphatic rings. The van der Waals surface area contributed by atoms with Gasteiger partial charge in [-0.3, -0.25) is 0 Å². The molecule has 0 bridgehead atoms. The number of hydrogen-bond donors (Lipinski definition) is 0. The SMILES string of the molecule is CC[CH]n1nccn1. The molecule has 3 nitrogen and oxygen atoms in total. The van der Waals surface area contributed by atoms with Crippen LogP contribution in [0.5, 0.6) is 0 Å². The first kappa shape index (κ1) is 5.28. The van der Waals surface area contributed by atoms with Crippen LogP contribution in [0.2, 0.25) is 0 Å². The van der Waals surface area contributed by atoms with Crippen LogP contribution in [0.3, 0.4) is 0 Å². The molecule has 43 valence electrons. The highest BCUT2D eigenvalue weighted by atomic mass is 15.5. The van der Waals surface area contributed by atoms with Gasteiger partial charge in [-0.1, -0.05) is 6.92 Å². The van der Waals surface area contributed by atoms with Gasteiger partial charge in [-0.25, -0.2) is 0 Å². The maximum atomic E-state index is 3.86. The predicted molar refractivity (Wildman–Crippen MR) is 30.0 cm³/mol. The number of hydrogen-bond acceptors (Lipinski definition) is 2. The second kappa shape index (κ2) is 2.45. The van der Waals surface area contributed by atoms with Gasteiger partial charge in [0.05, 0.1) is 18.9 Å². The Morgan fingerprint density at radius 3 is 2.62 bits per heavy atom. The molecule has 1 aromatic rings. The lowest BCUT2D eigenvalue weighted by atomic mass is 10.5. The smallest absolute Gasteiger partial charge is 0.0955 e. The molecule has 0 saturated carbocycles. The molecule has 0 atom stereocenters. The molecule has 1 rings (SSSR count). The summed E-state index contributed by atoms with van der Waals surface area (Å²) in [5, 5.41) is 7.71. The molecule has 0 amide bonds. The Morgan fingerprint density at radius 1 is 1.50 bits per heavy atom. The summed E-state index contributed by atoms with van der Waals surface area (Å²) in [6.07, 6.45) is 4.28. The van der Waals surface area contributed by atoms with E-state index < -0.39 is 0 Å². The molecule has 0 aliphatic heterocycles. The van der Waals surface area contributed by atoms with Crippen molar-refractivity contribution in [2.24, 2.45) is 0 Å². The zero-order valence-electron chi connectivity index (χ0n) is 4.78. The molecule has 3 heteroatoms. The first-order valence-corrected chi connectivity index (χ1v) is 2.62. The number of aromatic nitrogens is 3. The first-order chi connectivity index (χ1) is 3.93. The van der Waals surface area contributed by atoms with Crippen LogP contribution in [-0.2, 0) is 0 Å². The second-order valence-electron chi connectivity index (χ2n) is 1.44. The largest absolute Gasteiger partial charge is 0.180 e. The van der Waals surface area contributed by atoms with Crippen LogP contribution < -0.4 is 0 Å². The highest BCUT2D eigenvalue weighted by molar-refractivity contribution is 4.66. The van der Waals surface area contributed by atoms with E-state index in [1.807, 2.05) is 13.5 Å². The highest BCUT2D eigenvalue weighted by Crippen LogP contribution is 1.84. The van der Waals surface area contributed by atoms with E-state index in [0.717, 1.165) is 6.42 Å². The van der Waals surface area contributed by atoms with Crippen LogP contribution in [0.15, 0.2) is 12.4 Å². The summed E-state index contributed by atoms with van der Waals surface area (Å²) >= 11 is 0. The lowest BCUT2D eigenvalue weighted by Gasteiger charge is -1.89. The summed E-state index contributed by atoms with van der Waals surface area (Å²) in [4.78, 5) is 1.56. The zero-order chi connectivity index (χ0) is 5.82. The topological polar surface area (TPSA) is 30.7 Å². The first-order valence-electron chi connectivity index (χ1n) is 2.62. The normalized spacial score (nSPS) is 9.62. The predicted octanol–water partition coefficient (Wildman–Crippen LogP) is 0.698. The number of rotatable bonds is 2. The molecule has 0 aromatic carbocycles. The van der Waals surface area contributed by atoms with Crippen molar-refractivity contribution in [2.75, 3.05) is 0 Å². The summed E-state index contributed by atoms with van der Waals surface area (Å²) in [5.74, 6) is 0. The average molecular weight is 110 g/mol. The van der Waals surface area contributed by atoms with Gasteiger partial charge in [0.15, 0.2) is 0 Å². The number of nitrogens with zero attached hydrogens (tertiary/aromatic N) is 3. The van der Waals surface area contributed by atoms with Crippen molar-refractivity contribution < 1.29 is 0 Å². The van der Waals surface area contributed by atoms with Crippen LogP contribution in [0.25, 0.3) is 0 Å². The van der Waals surface area contributed by atoms with Crippen molar-refractivity contribution in [1.82, 2.24) is 15.0 Å². The minimum Gasteiger partial charge on any atom is -0.180 e. The molecular weight excluding hydrogens is 102 g/mol. The summed E-state index contributed by atoms with van der Waals surface area (Å²) in [5.41, 5.74) is 0. The molecule has 0 aliphatic carbocycles. The highest BCUT2D eigenvalue weighted by Gasteiger charge is 1.85. The monoisotopic (exact) mass is 110 g/mol. The van der Waals surface area contributed by atoms with Crippen molar-refractivity contribution in [3.05, 3.63) is 18.9 Å². The Morgan fingerprint density at radius 2 is 2.12 bits per heavy atom. The Kier molecular flexibility index (Phi) is 1.62. The van der Waals surface area contributed by atoms with Gasteiger partial charge in [-0.05, 0) is 6.42 Å². The third-order valence-electron chi connectivity index (χ3n) is 0.782. The van der Waals surface area contributed by atoms with E-state index in [-0.39, 0.29) is 0 Å². The van der Waals surface area contributed by atoms with E-state index in [2.05, 4.69) is 10.2 Å². The van der Waals surface area contributed by atoms with E-state index >= 15 is 0 Å². The Balaban J connectivity index is 2.50. The van der Waals surface area contributed by atoms with Gasteiger partial charge in [-0.2, -0.15) is 15.0 Å². The molecule has 0 unspecified atom stereocenters. The Bertz CT molecular complexity index is 133. The van der Waals surface area contributed by atoms with Crippen molar-refractivity contribution >= 4 is 0 Å². The molecule has 0 saturated heterocycles. The molecular formula is C5H8N3.